The minimum atomic E-state index is 0.468. The van der Waals surface area contributed by atoms with Gasteiger partial charge >= 0.3 is 0 Å². The predicted molar refractivity (Wildman–Crippen MR) is 42.8 cm³/mol. The molecule has 0 radical (unpaired) electrons. The highest BCUT2D eigenvalue weighted by Gasteiger charge is 2.31. The lowest BCUT2D eigenvalue weighted by Gasteiger charge is -1.99. The Kier molecular flexibility index (Phi) is 1.78. The van der Waals surface area contributed by atoms with E-state index in [1.54, 1.807) is 0 Å². The molecule has 1 N–H and O–H groups in total. The van der Waals surface area contributed by atoms with Gasteiger partial charge in [-0.25, -0.2) is 0 Å². The van der Waals surface area contributed by atoms with Crippen molar-refractivity contribution in [3.05, 3.63) is 30.3 Å². The number of aliphatic hydroxyl groups is 2. The van der Waals surface area contributed by atoms with Crippen molar-refractivity contribution in [1.82, 2.24) is 0 Å². The van der Waals surface area contributed by atoms with Gasteiger partial charge in [-0.15, -0.1) is 0 Å². The highest BCUT2D eigenvalue weighted by Crippen LogP contribution is 2.11. The van der Waals surface area contributed by atoms with E-state index in [1.807, 2.05) is 30.3 Å². The van der Waals surface area contributed by atoms with Crippen LogP contribution in [-0.4, -0.2) is 24.1 Å². The van der Waals surface area contributed by atoms with Crippen LogP contribution in [0.15, 0.2) is 30.3 Å². The standard InChI is InChI=1S/C9H10O2/c1-2-4-8(5-3-1)10-6-9-7-11-9/h1-5,9H,6-7H2/p+1. The molecule has 1 heterocycles. The Morgan fingerprint density at radius 1 is 1.36 bits per heavy atom. The molecule has 0 saturated carbocycles. The van der Waals surface area contributed by atoms with E-state index in [1.165, 1.54) is 0 Å². The quantitative estimate of drug-likeness (QED) is 0.466. The molecule has 1 aromatic rings. The summed E-state index contributed by atoms with van der Waals surface area (Å²) >= 11 is 0. The van der Waals surface area contributed by atoms with Crippen LogP contribution in [0.1, 0.15) is 0 Å². The molecule has 1 aliphatic heterocycles. The lowest BCUT2D eigenvalue weighted by atomic mass is 10.3. The van der Waals surface area contributed by atoms with Crippen molar-refractivity contribution in [2.45, 2.75) is 6.10 Å². The van der Waals surface area contributed by atoms with Crippen LogP contribution in [-0.2, 0) is 0 Å². The topological polar surface area (TPSA) is 22.0 Å². The van der Waals surface area contributed by atoms with Gasteiger partial charge in [-0.1, -0.05) is 18.2 Å². The molecule has 1 fully saturated rings. The first-order valence-corrected chi connectivity index (χ1v) is 3.79. The molecule has 0 spiro atoms. The maximum Gasteiger partial charge on any atom is 0.258 e. The minimum Gasteiger partial charge on any atom is -0.485 e. The Morgan fingerprint density at radius 2 is 2.09 bits per heavy atom. The molecule has 1 atom stereocenters. The van der Waals surface area contributed by atoms with Gasteiger partial charge in [-0.05, 0) is 12.1 Å². The van der Waals surface area contributed by atoms with Crippen LogP contribution in [0.3, 0.4) is 0 Å². The number of ether oxygens (including phenoxy) is 2. The van der Waals surface area contributed by atoms with Gasteiger partial charge < -0.3 is 9.47 Å². The zero-order valence-corrected chi connectivity index (χ0v) is 6.23. The van der Waals surface area contributed by atoms with E-state index in [9.17, 15) is 0 Å². The van der Waals surface area contributed by atoms with Crippen molar-refractivity contribution in [3.8, 4) is 5.75 Å². The van der Waals surface area contributed by atoms with Crippen LogP contribution in [0.5, 0.6) is 5.75 Å². The first kappa shape index (κ1) is 6.68. The maximum absolute atomic E-state index is 5.44. The SMILES string of the molecule is c1ccc(OCC2C[OH+]2)cc1. The van der Waals surface area contributed by atoms with Crippen LogP contribution < -0.4 is 4.74 Å². The summed E-state index contributed by atoms with van der Waals surface area (Å²) in [5.41, 5.74) is 0. The van der Waals surface area contributed by atoms with E-state index in [0.717, 1.165) is 19.0 Å². The van der Waals surface area contributed by atoms with Gasteiger partial charge in [0.25, 0.3) is 6.10 Å². The van der Waals surface area contributed by atoms with E-state index in [0.29, 0.717) is 6.10 Å². The normalized spacial score (nSPS) is 21.3. The van der Waals surface area contributed by atoms with Gasteiger partial charge in [0, 0.05) is 0 Å². The number of rotatable bonds is 3. The zero-order valence-electron chi connectivity index (χ0n) is 6.23. The third kappa shape index (κ3) is 1.95. The monoisotopic (exact) mass is 151 g/mol. The molecule has 1 saturated heterocycles. The molecule has 2 heteroatoms. The van der Waals surface area contributed by atoms with E-state index >= 15 is 0 Å². The molecule has 58 valence electrons. The van der Waals surface area contributed by atoms with E-state index in [-0.39, 0.29) is 0 Å². The number of hydrogen-bond acceptors (Lipinski definition) is 1. The summed E-state index contributed by atoms with van der Waals surface area (Å²) in [6.07, 6.45) is 0.468. The van der Waals surface area contributed by atoms with Crippen LogP contribution in [0.2, 0.25) is 0 Å². The summed E-state index contributed by atoms with van der Waals surface area (Å²) in [7, 11) is 0. The van der Waals surface area contributed by atoms with E-state index in [2.05, 4.69) is 4.74 Å². The molecule has 2 nitrogen and oxygen atoms in total. The molecule has 2 rings (SSSR count). The largest absolute Gasteiger partial charge is 0.485 e. The van der Waals surface area contributed by atoms with Crippen LogP contribution in [0.25, 0.3) is 0 Å². The fourth-order valence-electron chi connectivity index (χ4n) is 0.889. The van der Waals surface area contributed by atoms with Crippen molar-refractivity contribution in [1.29, 1.82) is 0 Å². The number of para-hydroxylation sites is 1. The van der Waals surface area contributed by atoms with Gasteiger partial charge in [-0.3, -0.25) is 0 Å². The number of hydrogen-bond donors (Lipinski definition) is 0. The molecule has 1 unspecified atom stereocenters. The van der Waals surface area contributed by atoms with Crippen molar-refractivity contribution in [2.75, 3.05) is 13.2 Å². The van der Waals surface area contributed by atoms with Crippen LogP contribution in [0.4, 0.5) is 0 Å². The first-order chi connectivity index (χ1) is 5.45. The van der Waals surface area contributed by atoms with Gasteiger partial charge in [0.15, 0.2) is 6.61 Å². The molecule has 11 heavy (non-hydrogen) atoms. The second-order valence-corrected chi connectivity index (χ2v) is 2.64. The second kappa shape index (κ2) is 2.93. The third-order valence-electron chi connectivity index (χ3n) is 1.63. The average molecular weight is 151 g/mol. The van der Waals surface area contributed by atoms with Gasteiger partial charge in [0.05, 0.1) is 0 Å². The third-order valence-corrected chi connectivity index (χ3v) is 1.63. The molecule has 0 aliphatic carbocycles. The Bertz CT molecular complexity index is 216. The fourth-order valence-corrected chi connectivity index (χ4v) is 0.889. The smallest absolute Gasteiger partial charge is 0.258 e. The first-order valence-electron chi connectivity index (χ1n) is 3.79. The molecule has 1 aromatic carbocycles. The molecular formula is C9H11O2+. The Morgan fingerprint density at radius 3 is 2.73 bits per heavy atom. The lowest BCUT2D eigenvalue weighted by molar-refractivity contribution is 0.159. The molecule has 1 aliphatic rings. The number of benzene rings is 1. The summed E-state index contributed by atoms with van der Waals surface area (Å²) < 4.78 is 9.53. The van der Waals surface area contributed by atoms with Crippen LogP contribution in [0, 0.1) is 0 Å². The Labute approximate surface area is 65.7 Å². The Balaban J connectivity index is 1.85. The highest BCUT2D eigenvalue weighted by molar-refractivity contribution is 5.20. The molecule has 0 bridgehead atoms. The van der Waals surface area contributed by atoms with Crippen molar-refractivity contribution in [2.24, 2.45) is 0 Å². The highest BCUT2D eigenvalue weighted by atomic mass is 16.6. The van der Waals surface area contributed by atoms with E-state index < -0.39 is 0 Å². The van der Waals surface area contributed by atoms with Crippen LogP contribution >= 0.6 is 0 Å². The van der Waals surface area contributed by atoms with Crippen molar-refractivity contribution < 1.29 is 9.47 Å². The van der Waals surface area contributed by atoms with Crippen molar-refractivity contribution in [3.63, 3.8) is 0 Å². The second-order valence-electron chi connectivity index (χ2n) is 2.64. The summed E-state index contributed by atoms with van der Waals surface area (Å²) in [5, 5.41) is 0. The Hall–Kier alpha value is -1.02. The minimum absolute atomic E-state index is 0.468. The lowest BCUT2D eigenvalue weighted by Crippen LogP contribution is -2.04. The molecule has 0 amide bonds. The zero-order chi connectivity index (χ0) is 7.52. The summed E-state index contributed by atoms with van der Waals surface area (Å²) in [6, 6.07) is 9.85. The molecular weight excluding hydrogens is 140 g/mol. The average Bonchev–Trinajstić information content (AvgIpc) is 2.86. The van der Waals surface area contributed by atoms with Gasteiger partial charge in [-0.2, -0.15) is 0 Å². The summed E-state index contributed by atoms with van der Waals surface area (Å²) in [5.74, 6) is 0.939. The number of epoxide rings is 1. The van der Waals surface area contributed by atoms with E-state index in [4.69, 9.17) is 4.74 Å². The summed E-state index contributed by atoms with van der Waals surface area (Å²) in [6.45, 7) is 1.72. The van der Waals surface area contributed by atoms with Gasteiger partial charge in [0.1, 0.15) is 5.75 Å². The van der Waals surface area contributed by atoms with Gasteiger partial charge in [0.2, 0.25) is 6.61 Å². The summed E-state index contributed by atoms with van der Waals surface area (Å²) in [4.78, 5) is 0. The maximum atomic E-state index is 5.44. The molecule has 0 aromatic heterocycles. The predicted octanol–water partition coefficient (Wildman–Crippen LogP) is 0.976. The van der Waals surface area contributed by atoms with Crippen molar-refractivity contribution >= 4 is 0 Å². The fraction of sp³-hybridized carbons (Fsp3) is 0.333.